The van der Waals surface area contributed by atoms with Crippen molar-refractivity contribution in [1.82, 2.24) is 20.5 Å². The highest BCUT2D eigenvalue weighted by atomic mass is 19.4. The molecule has 24 heavy (non-hydrogen) atoms. The van der Waals surface area contributed by atoms with Crippen LogP contribution in [0.25, 0.3) is 0 Å². The highest BCUT2D eigenvalue weighted by Crippen LogP contribution is 2.36. The maximum absolute atomic E-state index is 12.8. The molecule has 0 aliphatic heterocycles. The zero-order valence-corrected chi connectivity index (χ0v) is 12.0. The van der Waals surface area contributed by atoms with Crippen molar-refractivity contribution in [3.8, 4) is 0 Å². The summed E-state index contributed by atoms with van der Waals surface area (Å²) in [7, 11) is 0. The number of benzene rings is 1. The Bertz CT molecular complexity index is 691. The maximum atomic E-state index is 12.8. The fraction of sp³-hybridized carbons (Fsp3) is 0.308. The van der Waals surface area contributed by atoms with E-state index in [4.69, 9.17) is 0 Å². The van der Waals surface area contributed by atoms with Crippen LogP contribution in [0.2, 0.25) is 0 Å². The van der Waals surface area contributed by atoms with Gasteiger partial charge in [0.15, 0.2) is 0 Å². The van der Waals surface area contributed by atoms with Gasteiger partial charge in [-0.1, -0.05) is 0 Å². The van der Waals surface area contributed by atoms with Gasteiger partial charge in [0.1, 0.15) is 12.2 Å². The smallest absolute Gasteiger partial charge is 0.342 e. The summed E-state index contributed by atoms with van der Waals surface area (Å²) >= 11 is 0. The van der Waals surface area contributed by atoms with Gasteiger partial charge in [0.05, 0.1) is 17.2 Å². The highest BCUT2D eigenvalue weighted by molar-refractivity contribution is 5.94. The molecule has 2 aromatic rings. The zero-order valence-electron chi connectivity index (χ0n) is 12.0. The molecule has 0 fully saturated rings. The van der Waals surface area contributed by atoms with Crippen molar-refractivity contribution in [2.75, 3.05) is 0 Å². The number of carbonyl (C=O) groups excluding carboxylic acids is 1. The number of aromatic nitrogens is 3. The van der Waals surface area contributed by atoms with E-state index in [1.54, 1.807) is 0 Å². The Morgan fingerprint density at radius 1 is 1.08 bits per heavy atom. The van der Waals surface area contributed by atoms with Crippen LogP contribution < -0.4 is 5.32 Å². The molecule has 1 aromatic carbocycles. The normalized spacial score (nSPS) is 13.6. The van der Waals surface area contributed by atoms with E-state index in [-0.39, 0.29) is 11.9 Å². The summed E-state index contributed by atoms with van der Waals surface area (Å²) in [5, 5.41) is 8.21. The second kappa shape index (κ2) is 6.13. The van der Waals surface area contributed by atoms with E-state index in [2.05, 4.69) is 20.5 Å². The summed E-state index contributed by atoms with van der Waals surface area (Å²) in [5.41, 5.74) is -3.88. The number of halogens is 6. The lowest BCUT2D eigenvalue weighted by molar-refractivity contribution is -0.143. The molecule has 1 amide bonds. The van der Waals surface area contributed by atoms with Crippen LogP contribution in [0.1, 0.15) is 40.3 Å². The molecule has 11 heteroatoms. The summed E-state index contributed by atoms with van der Waals surface area (Å²) in [6.07, 6.45) is -8.90. The van der Waals surface area contributed by atoms with E-state index >= 15 is 0 Å². The third-order valence-electron chi connectivity index (χ3n) is 3.04. The van der Waals surface area contributed by atoms with Gasteiger partial charge in [-0.25, -0.2) is 4.98 Å². The number of rotatable bonds is 3. The number of amides is 1. The molecule has 0 aliphatic carbocycles. The molecule has 130 valence electrons. The number of alkyl halides is 6. The first kappa shape index (κ1) is 17.8. The summed E-state index contributed by atoms with van der Waals surface area (Å²) in [6.45, 7) is 1.44. The predicted molar refractivity (Wildman–Crippen MR) is 68.7 cm³/mol. The maximum Gasteiger partial charge on any atom is 0.416 e. The predicted octanol–water partition coefficient (Wildman–Crippen LogP) is 3.33. The number of nitrogens with one attached hydrogen (secondary N) is 2. The number of nitrogens with zero attached hydrogens (tertiary/aromatic N) is 2. The molecule has 0 radical (unpaired) electrons. The van der Waals surface area contributed by atoms with Crippen LogP contribution in [-0.4, -0.2) is 21.1 Å². The molecular formula is C13H10F6N4O. The van der Waals surface area contributed by atoms with Crippen LogP contribution in [0, 0.1) is 0 Å². The van der Waals surface area contributed by atoms with E-state index in [1.165, 1.54) is 6.92 Å². The number of carbonyl (C=O) groups is 1. The van der Waals surface area contributed by atoms with E-state index < -0.39 is 41.0 Å². The van der Waals surface area contributed by atoms with Crippen molar-refractivity contribution in [2.24, 2.45) is 0 Å². The second-order valence-electron chi connectivity index (χ2n) is 4.86. The van der Waals surface area contributed by atoms with Crippen LogP contribution in [0.5, 0.6) is 0 Å². The third kappa shape index (κ3) is 4.03. The van der Waals surface area contributed by atoms with Crippen molar-refractivity contribution < 1.29 is 31.1 Å². The minimum atomic E-state index is -5.02. The van der Waals surface area contributed by atoms with Gasteiger partial charge in [-0.3, -0.25) is 9.89 Å². The van der Waals surface area contributed by atoms with Crippen LogP contribution in [0.3, 0.4) is 0 Å². The Morgan fingerprint density at radius 3 is 2.04 bits per heavy atom. The summed E-state index contributed by atoms with van der Waals surface area (Å²) in [6, 6.07) is -0.115. The monoisotopic (exact) mass is 352 g/mol. The van der Waals surface area contributed by atoms with Gasteiger partial charge in [-0.2, -0.15) is 31.4 Å². The molecule has 0 saturated carbocycles. The molecule has 0 saturated heterocycles. The molecule has 2 N–H and O–H groups in total. The van der Waals surface area contributed by atoms with Gasteiger partial charge in [0.25, 0.3) is 5.91 Å². The average molecular weight is 352 g/mol. The minimum Gasteiger partial charge on any atom is -0.342 e. The fourth-order valence-electron chi connectivity index (χ4n) is 1.86. The summed E-state index contributed by atoms with van der Waals surface area (Å²) in [5.74, 6) is -0.901. The van der Waals surface area contributed by atoms with Crippen molar-refractivity contribution in [2.45, 2.75) is 25.3 Å². The molecule has 0 aliphatic rings. The largest absolute Gasteiger partial charge is 0.416 e. The van der Waals surface area contributed by atoms with Gasteiger partial charge in [-0.15, -0.1) is 0 Å². The van der Waals surface area contributed by atoms with Crippen molar-refractivity contribution in [3.05, 3.63) is 47.0 Å². The average Bonchev–Trinajstić information content (AvgIpc) is 2.99. The van der Waals surface area contributed by atoms with Crippen molar-refractivity contribution in [3.63, 3.8) is 0 Å². The summed E-state index contributed by atoms with van der Waals surface area (Å²) < 4.78 is 76.6. The van der Waals surface area contributed by atoms with Crippen LogP contribution in [0.4, 0.5) is 26.3 Å². The first-order valence-electron chi connectivity index (χ1n) is 6.44. The number of hydrogen-bond acceptors (Lipinski definition) is 3. The molecule has 2 rings (SSSR count). The number of hydrogen-bond donors (Lipinski definition) is 2. The topological polar surface area (TPSA) is 70.7 Å². The summed E-state index contributed by atoms with van der Waals surface area (Å²) in [4.78, 5) is 15.7. The lowest BCUT2D eigenvalue weighted by Gasteiger charge is -2.15. The number of aromatic amines is 1. The standard InChI is InChI=1S/C13H10F6N4O/c1-6(10-20-5-21-23-10)22-11(24)7-2-8(12(14,15)16)4-9(3-7)13(17,18)19/h2-6H,1H3,(H,22,24)(H,20,21,23). The van der Waals surface area contributed by atoms with E-state index in [0.717, 1.165) is 6.33 Å². The molecule has 0 bridgehead atoms. The highest BCUT2D eigenvalue weighted by Gasteiger charge is 2.37. The Hall–Kier alpha value is -2.59. The van der Waals surface area contributed by atoms with Gasteiger partial charge in [0, 0.05) is 5.56 Å². The fourth-order valence-corrected chi connectivity index (χ4v) is 1.86. The third-order valence-corrected chi connectivity index (χ3v) is 3.04. The molecule has 0 spiro atoms. The quantitative estimate of drug-likeness (QED) is 0.833. The van der Waals surface area contributed by atoms with E-state index in [1.807, 2.05) is 0 Å². The van der Waals surface area contributed by atoms with Crippen molar-refractivity contribution >= 4 is 5.91 Å². The van der Waals surface area contributed by atoms with E-state index in [0.29, 0.717) is 12.1 Å². The second-order valence-corrected chi connectivity index (χ2v) is 4.86. The Labute approximate surface area is 131 Å². The van der Waals surface area contributed by atoms with Gasteiger partial charge in [-0.05, 0) is 25.1 Å². The number of H-pyrrole nitrogens is 1. The Balaban J connectivity index is 2.36. The molecule has 5 nitrogen and oxygen atoms in total. The van der Waals surface area contributed by atoms with Crippen molar-refractivity contribution in [1.29, 1.82) is 0 Å². The Kier molecular flexibility index (Phi) is 4.54. The van der Waals surface area contributed by atoms with Crippen LogP contribution >= 0.6 is 0 Å². The molecule has 1 heterocycles. The SMILES string of the molecule is CC(NC(=O)c1cc(C(F)(F)F)cc(C(F)(F)F)c1)c1ncn[nH]1. The lowest BCUT2D eigenvalue weighted by atomic mass is 10.0. The Morgan fingerprint density at radius 2 is 1.62 bits per heavy atom. The molecule has 1 unspecified atom stereocenters. The van der Waals surface area contributed by atoms with Crippen LogP contribution in [-0.2, 0) is 12.4 Å². The van der Waals surface area contributed by atoms with Crippen LogP contribution in [0.15, 0.2) is 24.5 Å². The van der Waals surface area contributed by atoms with Gasteiger partial charge >= 0.3 is 12.4 Å². The van der Waals surface area contributed by atoms with E-state index in [9.17, 15) is 31.1 Å². The first-order chi connectivity index (χ1) is 11.0. The van der Waals surface area contributed by atoms with Gasteiger partial charge in [0.2, 0.25) is 0 Å². The minimum absolute atomic E-state index is 0.0450. The zero-order chi connectivity index (χ0) is 18.1. The van der Waals surface area contributed by atoms with Gasteiger partial charge < -0.3 is 5.32 Å². The lowest BCUT2D eigenvalue weighted by Crippen LogP contribution is -2.28. The first-order valence-corrected chi connectivity index (χ1v) is 6.44. The molecular weight excluding hydrogens is 342 g/mol. The molecule has 1 atom stereocenters. The molecule has 1 aromatic heterocycles.